The van der Waals surface area contributed by atoms with Crippen molar-refractivity contribution in [2.45, 2.75) is 6.92 Å². The number of aryl methyl sites for hydroxylation is 1. The minimum Gasteiger partial charge on any atom is -0.476 e. The maximum Gasteiger partial charge on any atom is 0.358 e. The number of carbonyl (C=O) groups is 1. The Morgan fingerprint density at radius 2 is 2.27 bits per heavy atom. The molecule has 0 unspecified atom stereocenters. The molecule has 0 fully saturated rings. The summed E-state index contributed by atoms with van der Waals surface area (Å²) in [5, 5.41) is 11.5. The standard InChI is InChI=1S/C9H7N3O3/c1-5-2-3-6-10-7(9(13)14)8(11-15)12(6)4-5/h2-4H,1H3,(H,13,14). The lowest BCUT2D eigenvalue weighted by Gasteiger charge is -1.95. The van der Waals surface area contributed by atoms with Gasteiger partial charge in [-0.25, -0.2) is 9.78 Å². The van der Waals surface area contributed by atoms with Gasteiger partial charge in [0, 0.05) is 6.20 Å². The monoisotopic (exact) mass is 205 g/mol. The van der Waals surface area contributed by atoms with Gasteiger partial charge in [0.1, 0.15) is 5.65 Å². The summed E-state index contributed by atoms with van der Waals surface area (Å²) < 4.78 is 1.37. The van der Waals surface area contributed by atoms with Crippen LogP contribution in [0.25, 0.3) is 5.65 Å². The van der Waals surface area contributed by atoms with Gasteiger partial charge in [0.2, 0.25) is 5.82 Å². The molecule has 76 valence electrons. The fraction of sp³-hybridized carbons (Fsp3) is 0.111. The predicted molar refractivity (Wildman–Crippen MR) is 52.3 cm³/mol. The predicted octanol–water partition coefficient (Wildman–Crippen LogP) is 1.74. The van der Waals surface area contributed by atoms with Crippen molar-refractivity contribution in [2.75, 3.05) is 0 Å². The second-order valence-electron chi connectivity index (χ2n) is 3.12. The molecule has 2 rings (SSSR count). The van der Waals surface area contributed by atoms with E-state index in [0.717, 1.165) is 5.56 Å². The molecule has 0 radical (unpaired) electrons. The highest BCUT2D eigenvalue weighted by Crippen LogP contribution is 2.21. The highest BCUT2D eigenvalue weighted by Gasteiger charge is 2.18. The number of carboxylic acid groups (broad SMARTS) is 1. The summed E-state index contributed by atoms with van der Waals surface area (Å²) in [4.78, 5) is 25.1. The van der Waals surface area contributed by atoms with Gasteiger partial charge in [0.25, 0.3) is 0 Å². The van der Waals surface area contributed by atoms with E-state index >= 15 is 0 Å². The van der Waals surface area contributed by atoms with Gasteiger partial charge in [0.05, 0.1) is 0 Å². The van der Waals surface area contributed by atoms with Crippen LogP contribution in [-0.2, 0) is 0 Å². The Hall–Kier alpha value is -2.24. The van der Waals surface area contributed by atoms with Crippen LogP contribution in [0.3, 0.4) is 0 Å². The van der Waals surface area contributed by atoms with Crippen molar-refractivity contribution in [3.63, 3.8) is 0 Å². The third kappa shape index (κ3) is 1.35. The Balaban J connectivity index is 2.85. The number of aromatic nitrogens is 2. The lowest BCUT2D eigenvalue weighted by Crippen LogP contribution is -1.96. The molecule has 0 spiro atoms. The quantitative estimate of drug-likeness (QED) is 0.756. The van der Waals surface area contributed by atoms with Gasteiger partial charge in [0.15, 0.2) is 5.69 Å². The first kappa shape index (κ1) is 9.32. The number of imidazole rings is 1. The second-order valence-corrected chi connectivity index (χ2v) is 3.12. The van der Waals surface area contributed by atoms with E-state index in [0.29, 0.717) is 5.65 Å². The molecule has 1 N–H and O–H groups in total. The fourth-order valence-corrected chi connectivity index (χ4v) is 1.37. The zero-order valence-corrected chi connectivity index (χ0v) is 7.84. The molecule has 0 aromatic carbocycles. The number of rotatable bonds is 2. The Kier molecular flexibility index (Phi) is 1.96. The fourth-order valence-electron chi connectivity index (χ4n) is 1.37. The van der Waals surface area contributed by atoms with Crippen LogP contribution in [0.2, 0.25) is 0 Å². The summed E-state index contributed by atoms with van der Waals surface area (Å²) in [6.45, 7) is 1.83. The van der Waals surface area contributed by atoms with Crippen LogP contribution in [0.4, 0.5) is 5.82 Å². The van der Waals surface area contributed by atoms with E-state index in [2.05, 4.69) is 10.2 Å². The van der Waals surface area contributed by atoms with Gasteiger partial charge in [-0.15, -0.1) is 4.91 Å². The van der Waals surface area contributed by atoms with Crippen molar-refractivity contribution in [1.29, 1.82) is 0 Å². The normalized spacial score (nSPS) is 10.5. The van der Waals surface area contributed by atoms with Crippen molar-refractivity contribution in [2.24, 2.45) is 5.18 Å². The topological polar surface area (TPSA) is 84.0 Å². The van der Waals surface area contributed by atoms with E-state index in [-0.39, 0.29) is 11.5 Å². The van der Waals surface area contributed by atoms with Gasteiger partial charge in [-0.2, -0.15) is 0 Å². The summed E-state index contributed by atoms with van der Waals surface area (Å²) >= 11 is 0. The van der Waals surface area contributed by atoms with Crippen molar-refractivity contribution < 1.29 is 9.90 Å². The van der Waals surface area contributed by atoms with Crippen LogP contribution in [0.15, 0.2) is 23.5 Å². The van der Waals surface area contributed by atoms with Crippen LogP contribution in [0.5, 0.6) is 0 Å². The zero-order valence-electron chi connectivity index (χ0n) is 7.84. The first-order valence-corrected chi connectivity index (χ1v) is 4.19. The summed E-state index contributed by atoms with van der Waals surface area (Å²) in [6.07, 6.45) is 1.62. The largest absolute Gasteiger partial charge is 0.476 e. The van der Waals surface area contributed by atoms with Gasteiger partial charge in [-0.1, -0.05) is 6.07 Å². The second kappa shape index (κ2) is 3.16. The van der Waals surface area contributed by atoms with Crippen molar-refractivity contribution in [3.05, 3.63) is 34.5 Å². The van der Waals surface area contributed by atoms with E-state index in [1.807, 2.05) is 6.92 Å². The molecule has 2 aromatic rings. The molecule has 0 bridgehead atoms. The molecule has 0 aliphatic carbocycles. The molecule has 0 saturated carbocycles. The van der Waals surface area contributed by atoms with E-state index in [1.165, 1.54) is 4.40 Å². The smallest absolute Gasteiger partial charge is 0.358 e. The first-order valence-electron chi connectivity index (χ1n) is 4.19. The molecule has 0 atom stereocenters. The van der Waals surface area contributed by atoms with Gasteiger partial charge >= 0.3 is 5.97 Å². The lowest BCUT2D eigenvalue weighted by atomic mass is 10.3. The molecule has 2 aromatic heterocycles. The highest BCUT2D eigenvalue weighted by atomic mass is 16.4. The first-order chi connectivity index (χ1) is 7.13. The van der Waals surface area contributed by atoms with Crippen LogP contribution in [0, 0.1) is 11.8 Å². The highest BCUT2D eigenvalue weighted by molar-refractivity contribution is 5.91. The molecule has 0 amide bonds. The molecule has 15 heavy (non-hydrogen) atoms. The number of carboxylic acids is 1. The number of nitrogens with zero attached hydrogens (tertiary/aromatic N) is 3. The molecule has 6 nitrogen and oxygen atoms in total. The molecular formula is C9H7N3O3. The number of pyridine rings is 1. The van der Waals surface area contributed by atoms with E-state index in [1.54, 1.807) is 18.3 Å². The SMILES string of the molecule is Cc1ccc2nc(C(=O)O)c(N=O)n2c1. The number of fused-ring (bicyclic) bond motifs is 1. The molecular weight excluding hydrogens is 198 g/mol. The Morgan fingerprint density at radius 3 is 2.87 bits per heavy atom. The summed E-state index contributed by atoms with van der Waals surface area (Å²) in [7, 11) is 0. The zero-order chi connectivity index (χ0) is 11.0. The maximum absolute atomic E-state index is 10.8. The molecule has 0 aliphatic rings. The van der Waals surface area contributed by atoms with Crippen LogP contribution in [-0.4, -0.2) is 20.5 Å². The average molecular weight is 205 g/mol. The van der Waals surface area contributed by atoms with E-state index < -0.39 is 5.97 Å². The van der Waals surface area contributed by atoms with Crippen LogP contribution < -0.4 is 0 Å². The third-order valence-electron chi connectivity index (χ3n) is 2.03. The molecule has 0 aliphatic heterocycles. The van der Waals surface area contributed by atoms with E-state index in [9.17, 15) is 9.70 Å². The van der Waals surface area contributed by atoms with Crippen LogP contribution >= 0.6 is 0 Å². The van der Waals surface area contributed by atoms with Gasteiger partial charge in [-0.3, -0.25) is 4.40 Å². The summed E-state index contributed by atoms with van der Waals surface area (Å²) in [5.41, 5.74) is 0.963. The average Bonchev–Trinajstić information content (AvgIpc) is 2.55. The number of hydrogen-bond acceptors (Lipinski definition) is 4. The van der Waals surface area contributed by atoms with Crippen molar-refractivity contribution in [3.8, 4) is 0 Å². The van der Waals surface area contributed by atoms with Gasteiger partial charge in [-0.05, 0) is 23.7 Å². The Labute approximate surface area is 84.1 Å². The minimum absolute atomic E-state index is 0.179. The number of aromatic carboxylic acids is 1. The molecule has 0 saturated heterocycles. The van der Waals surface area contributed by atoms with Gasteiger partial charge < -0.3 is 5.11 Å². The third-order valence-corrected chi connectivity index (χ3v) is 2.03. The molecule has 2 heterocycles. The summed E-state index contributed by atoms with van der Waals surface area (Å²) in [6, 6.07) is 3.42. The number of nitroso groups, excluding NO2 is 1. The maximum atomic E-state index is 10.8. The molecule has 6 heteroatoms. The lowest BCUT2D eigenvalue weighted by molar-refractivity contribution is 0.0692. The summed E-state index contributed by atoms with van der Waals surface area (Å²) in [5.74, 6) is -1.44. The minimum atomic E-state index is -1.26. The van der Waals surface area contributed by atoms with E-state index in [4.69, 9.17) is 5.11 Å². The van der Waals surface area contributed by atoms with Crippen molar-refractivity contribution in [1.82, 2.24) is 9.38 Å². The number of hydrogen-bond donors (Lipinski definition) is 1. The Morgan fingerprint density at radius 1 is 1.53 bits per heavy atom. The Bertz CT molecular complexity index is 559. The van der Waals surface area contributed by atoms with Crippen LogP contribution in [0.1, 0.15) is 16.1 Å². The van der Waals surface area contributed by atoms with Crippen molar-refractivity contribution >= 4 is 17.4 Å².